The number of amides is 1. The minimum Gasteiger partial charge on any atom is -0.362 e. The van der Waals surface area contributed by atoms with Crippen molar-refractivity contribution in [2.45, 2.75) is 32.9 Å². The van der Waals surface area contributed by atoms with Gasteiger partial charge in [-0.25, -0.2) is 4.98 Å². The highest BCUT2D eigenvalue weighted by atomic mass is 32.1. The zero-order valence-corrected chi connectivity index (χ0v) is 17.5. The van der Waals surface area contributed by atoms with E-state index in [1.54, 1.807) is 16.7 Å². The van der Waals surface area contributed by atoms with Crippen LogP contribution in [0.2, 0.25) is 0 Å². The minimum absolute atomic E-state index is 0.121. The number of hydrogen-bond acceptors (Lipinski definition) is 6. The maximum Gasteiger partial charge on any atom is 0.416 e. The molecule has 0 aliphatic carbocycles. The van der Waals surface area contributed by atoms with Crippen LogP contribution in [0.4, 0.5) is 24.5 Å². The number of carbonyl (C=O) groups is 1. The molecule has 11 heteroatoms. The first kappa shape index (κ1) is 22.0. The lowest BCUT2D eigenvalue weighted by Crippen LogP contribution is -2.49. The molecule has 0 spiro atoms. The smallest absolute Gasteiger partial charge is 0.362 e. The number of alkyl halides is 3. The summed E-state index contributed by atoms with van der Waals surface area (Å²) in [5, 5.41) is 12.2. The average molecular weight is 442 g/mol. The summed E-state index contributed by atoms with van der Waals surface area (Å²) in [6.45, 7) is 6.98. The largest absolute Gasteiger partial charge is 0.416 e. The van der Waals surface area contributed by atoms with Crippen LogP contribution in [0.1, 0.15) is 45.7 Å². The van der Waals surface area contributed by atoms with Gasteiger partial charge in [0.05, 0.1) is 21.2 Å². The first-order chi connectivity index (χ1) is 14.0. The quantitative estimate of drug-likeness (QED) is 0.516. The number of piperazine rings is 1. The zero-order chi connectivity index (χ0) is 22.2. The summed E-state index contributed by atoms with van der Waals surface area (Å²) < 4.78 is 38.7. The molecule has 2 aromatic rings. The van der Waals surface area contributed by atoms with Crippen LogP contribution in [0.3, 0.4) is 0 Å². The van der Waals surface area contributed by atoms with Gasteiger partial charge in [-0.3, -0.25) is 14.9 Å². The molecule has 0 saturated carbocycles. The summed E-state index contributed by atoms with van der Waals surface area (Å²) in [6, 6.07) is 2.52. The van der Waals surface area contributed by atoms with Crippen molar-refractivity contribution in [3.8, 4) is 0 Å². The standard InChI is InChI=1S/C19H21F3N4O3S/c1-11(2)17-23-12(3)16(30-17)18(27)25-8-6-24(7-9-25)14-5-4-13(19(20,21)22)10-15(14)26(28)29/h4-5,10-11H,6-9H2,1-3H3. The van der Waals surface area contributed by atoms with Crippen LogP contribution in [-0.2, 0) is 6.18 Å². The summed E-state index contributed by atoms with van der Waals surface area (Å²) in [6.07, 6.45) is -4.66. The van der Waals surface area contributed by atoms with Crippen molar-refractivity contribution in [3.63, 3.8) is 0 Å². The fraction of sp³-hybridized carbons (Fsp3) is 0.474. The molecule has 162 valence electrons. The number of hydrogen-bond donors (Lipinski definition) is 0. The Labute approximate surface area is 175 Å². The highest BCUT2D eigenvalue weighted by Crippen LogP contribution is 2.37. The van der Waals surface area contributed by atoms with Gasteiger partial charge in [-0.2, -0.15) is 13.2 Å². The van der Waals surface area contributed by atoms with E-state index in [-0.39, 0.29) is 30.6 Å². The second-order valence-electron chi connectivity index (χ2n) is 7.36. The number of nitrogens with zero attached hydrogens (tertiary/aromatic N) is 4. The Morgan fingerprint density at radius 3 is 2.37 bits per heavy atom. The Kier molecular flexibility index (Phi) is 6.02. The van der Waals surface area contributed by atoms with E-state index in [2.05, 4.69) is 4.98 Å². The molecule has 3 rings (SSSR count). The normalized spacial score (nSPS) is 15.0. The third-order valence-corrected chi connectivity index (χ3v) is 6.35. The van der Waals surface area contributed by atoms with Gasteiger partial charge >= 0.3 is 6.18 Å². The van der Waals surface area contributed by atoms with Gasteiger partial charge in [-0.1, -0.05) is 13.8 Å². The van der Waals surface area contributed by atoms with Gasteiger partial charge in [0.15, 0.2) is 0 Å². The van der Waals surface area contributed by atoms with Gasteiger partial charge in [0.2, 0.25) is 0 Å². The van der Waals surface area contributed by atoms with Crippen LogP contribution >= 0.6 is 11.3 Å². The predicted molar refractivity (Wildman–Crippen MR) is 107 cm³/mol. The molecular formula is C19H21F3N4O3S. The maximum atomic E-state index is 12.9. The van der Waals surface area contributed by atoms with E-state index in [4.69, 9.17) is 0 Å². The number of benzene rings is 1. The fourth-order valence-corrected chi connectivity index (χ4v) is 4.31. The van der Waals surface area contributed by atoms with Crippen molar-refractivity contribution in [1.82, 2.24) is 9.88 Å². The van der Waals surface area contributed by atoms with Crippen molar-refractivity contribution in [1.29, 1.82) is 0 Å². The minimum atomic E-state index is -4.66. The van der Waals surface area contributed by atoms with Crippen molar-refractivity contribution in [2.75, 3.05) is 31.1 Å². The van der Waals surface area contributed by atoms with Gasteiger partial charge in [-0.05, 0) is 19.1 Å². The molecule has 0 bridgehead atoms. The number of rotatable bonds is 4. The van der Waals surface area contributed by atoms with E-state index in [0.717, 1.165) is 17.1 Å². The Balaban J connectivity index is 1.76. The van der Waals surface area contributed by atoms with E-state index >= 15 is 0 Å². The lowest BCUT2D eigenvalue weighted by Gasteiger charge is -2.35. The fourth-order valence-electron chi connectivity index (χ4n) is 3.27. The number of thiazole rings is 1. The lowest BCUT2D eigenvalue weighted by atomic mass is 10.1. The van der Waals surface area contributed by atoms with Gasteiger partial charge in [0.25, 0.3) is 11.6 Å². The molecule has 7 nitrogen and oxygen atoms in total. The van der Waals surface area contributed by atoms with Crippen molar-refractivity contribution in [2.24, 2.45) is 0 Å². The topological polar surface area (TPSA) is 79.6 Å². The highest BCUT2D eigenvalue weighted by molar-refractivity contribution is 7.13. The summed E-state index contributed by atoms with van der Waals surface area (Å²) in [5.41, 5.74) is -0.858. The predicted octanol–water partition coefficient (Wildman–Crippen LogP) is 4.46. The van der Waals surface area contributed by atoms with Gasteiger partial charge in [-0.15, -0.1) is 11.3 Å². The molecule has 1 aromatic heterocycles. The van der Waals surface area contributed by atoms with Crippen molar-refractivity contribution in [3.05, 3.63) is 49.5 Å². The number of aromatic nitrogens is 1. The van der Waals surface area contributed by atoms with E-state index in [1.807, 2.05) is 13.8 Å². The van der Waals surface area contributed by atoms with Crippen LogP contribution in [0.25, 0.3) is 0 Å². The zero-order valence-electron chi connectivity index (χ0n) is 16.7. The van der Waals surface area contributed by atoms with Crippen LogP contribution in [-0.4, -0.2) is 46.9 Å². The average Bonchev–Trinajstić information content (AvgIpc) is 3.08. The number of nitro benzene ring substituents is 1. The number of nitro groups is 1. The number of aryl methyl sites for hydroxylation is 1. The molecule has 0 N–H and O–H groups in total. The SMILES string of the molecule is Cc1nc(C(C)C)sc1C(=O)N1CCN(c2ccc(C(F)(F)F)cc2[N+](=O)[O-])CC1. The number of halogens is 3. The molecule has 1 aliphatic rings. The monoisotopic (exact) mass is 442 g/mol. The van der Waals surface area contributed by atoms with E-state index in [9.17, 15) is 28.1 Å². The summed E-state index contributed by atoms with van der Waals surface area (Å²) in [4.78, 5) is 31.7. The third-order valence-electron chi connectivity index (χ3n) is 4.91. The molecule has 1 saturated heterocycles. The van der Waals surface area contributed by atoms with Crippen LogP contribution in [0.15, 0.2) is 18.2 Å². The molecule has 0 atom stereocenters. The van der Waals surface area contributed by atoms with Crippen LogP contribution < -0.4 is 4.90 Å². The highest BCUT2D eigenvalue weighted by Gasteiger charge is 2.34. The first-order valence-electron chi connectivity index (χ1n) is 9.36. The first-order valence-corrected chi connectivity index (χ1v) is 10.2. The van der Waals surface area contributed by atoms with E-state index < -0.39 is 22.4 Å². The molecule has 2 heterocycles. The molecule has 1 fully saturated rings. The molecule has 1 aromatic carbocycles. The van der Waals surface area contributed by atoms with Crippen LogP contribution in [0, 0.1) is 17.0 Å². The lowest BCUT2D eigenvalue weighted by molar-refractivity contribution is -0.384. The maximum absolute atomic E-state index is 12.9. The van der Waals surface area contributed by atoms with Crippen LogP contribution in [0.5, 0.6) is 0 Å². The van der Waals surface area contributed by atoms with E-state index in [1.165, 1.54) is 11.3 Å². The Morgan fingerprint density at radius 2 is 1.87 bits per heavy atom. The third kappa shape index (κ3) is 4.40. The number of carbonyl (C=O) groups excluding carboxylic acids is 1. The molecule has 30 heavy (non-hydrogen) atoms. The Bertz CT molecular complexity index is 966. The molecule has 1 amide bonds. The van der Waals surface area contributed by atoms with E-state index in [0.29, 0.717) is 29.7 Å². The van der Waals surface area contributed by atoms with Gasteiger partial charge in [0, 0.05) is 38.2 Å². The van der Waals surface area contributed by atoms with Crippen molar-refractivity contribution >= 4 is 28.6 Å². The van der Waals surface area contributed by atoms with Gasteiger partial charge in [0.1, 0.15) is 10.6 Å². The summed E-state index contributed by atoms with van der Waals surface area (Å²) in [7, 11) is 0. The molecule has 0 radical (unpaired) electrons. The molecular weight excluding hydrogens is 421 g/mol. The second-order valence-corrected chi connectivity index (χ2v) is 8.39. The molecule has 0 unspecified atom stereocenters. The Morgan fingerprint density at radius 1 is 1.23 bits per heavy atom. The Hall–Kier alpha value is -2.69. The summed E-state index contributed by atoms with van der Waals surface area (Å²) >= 11 is 1.36. The van der Waals surface area contributed by atoms with Crippen molar-refractivity contribution < 1.29 is 22.9 Å². The molecule has 1 aliphatic heterocycles. The number of anilines is 1. The second kappa shape index (κ2) is 8.21. The summed E-state index contributed by atoms with van der Waals surface area (Å²) in [5.74, 6) is 0.0748. The van der Waals surface area contributed by atoms with Gasteiger partial charge < -0.3 is 9.80 Å².